The van der Waals surface area contributed by atoms with Gasteiger partial charge < -0.3 is 5.32 Å². The molecular weight excluding hydrogens is 206 g/mol. The topological polar surface area (TPSA) is 12.0 Å². The molecule has 0 spiro atoms. The van der Waals surface area contributed by atoms with Gasteiger partial charge >= 0.3 is 0 Å². The van der Waals surface area contributed by atoms with E-state index in [1.165, 1.54) is 29.5 Å². The molecule has 96 valence electrons. The van der Waals surface area contributed by atoms with Gasteiger partial charge in [0.2, 0.25) is 0 Å². The molecule has 0 atom stereocenters. The molecule has 0 aromatic heterocycles. The van der Waals surface area contributed by atoms with E-state index in [0.29, 0.717) is 12.0 Å². The Balaban J connectivity index is 2.54. The molecule has 0 aliphatic heterocycles. The van der Waals surface area contributed by atoms with Gasteiger partial charge in [0.1, 0.15) is 0 Å². The number of benzene rings is 1. The number of hydrogen-bond acceptors (Lipinski definition) is 1. The minimum absolute atomic E-state index is 0.595. The van der Waals surface area contributed by atoms with Crippen molar-refractivity contribution in [2.45, 2.75) is 59.4 Å². The smallest absolute Gasteiger partial charge is 0.00103 e. The van der Waals surface area contributed by atoms with Gasteiger partial charge in [0.25, 0.3) is 0 Å². The standard InChI is InChI=1S/C16H27N/c1-12(2)15-9-8-14(5)16(11-15)7-6-10-17-13(3)4/h8-9,11-13,17H,6-7,10H2,1-5H3. The Labute approximate surface area is 107 Å². The van der Waals surface area contributed by atoms with Gasteiger partial charge in [-0.25, -0.2) is 0 Å². The Kier molecular flexibility index (Phi) is 5.70. The highest BCUT2D eigenvalue weighted by Gasteiger charge is 2.03. The Bertz CT molecular complexity index is 339. The van der Waals surface area contributed by atoms with Gasteiger partial charge in [-0.05, 0) is 48.9 Å². The highest BCUT2D eigenvalue weighted by atomic mass is 14.9. The van der Waals surface area contributed by atoms with Crippen LogP contribution in [0.15, 0.2) is 18.2 Å². The van der Waals surface area contributed by atoms with Gasteiger partial charge in [-0.3, -0.25) is 0 Å². The summed E-state index contributed by atoms with van der Waals surface area (Å²) in [5.74, 6) is 0.628. The van der Waals surface area contributed by atoms with Crippen LogP contribution in [0.5, 0.6) is 0 Å². The number of nitrogens with one attached hydrogen (secondary N) is 1. The van der Waals surface area contributed by atoms with E-state index in [0.717, 1.165) is 6.54 Å². The van der Waals surface area contributed by atoms with Crippen LogP contribution in [0, 0.1) is 6.92 Å². The second-order valence-corrected chi connectivity index (χ2v) is 5.55. The van der Waals surface area contributed by atoms with Crippen LogP contribution >= 0.6 is 0 Å². The second kappa shape index (κ2) is 6.80. The highest BCUT2D eigenvalue weighted by Crippen LogP contribution is 2.19. The first-order chi connectivity index (χ1) is 8.00. The SMILES string of the molecule is Cc1ccc(C(C)C)cc1CCCNC(C)C. The van der Waals surface area contributed by atoms with Crippen molar-refractivity contribution in [1.29, 1.82) is 0 Å². The molecule has 1 rings (SSSR count). The third-order valence-electron chi connectivity index (χ3n) is 3.22. The van der Waals surface area contributed by atoms with Crippen LogP contribution in [-0.2, 0) is 6.42 Å². The molecule has 17 heavy (non-hydrogen) atoms. The molecule has 1 nitrogen and oxygen atoms in total. The van der Waals surface area contributed by atoms with E-state index < -0.39 is 0 Å². The fraction of sp³-hybridized carbons (Fsp3) is 0.625. The van der Waals surface area contributed by atoms with Crippen molar-refractivity contribution in [1.82, 2.24) is 5.32 Å². The number of aryl methyl sites for hydroxylation is 2. The van der Waals surface area contributed by atoms with E-state index in [-0.39, 0.29) is 0 Å². The monoisotopic (exact) mass is 233 g/mol. The lowest BCUT2D eigenvalue weighted by Gasteiger charge is -2.12. The predicted octanol–water partition coefficient (Wildman–Crippen LogP) is 4.05. The minimum atomic E-state index is 0.595. The quantitative estimate of drug-likeness (QED) is 0.731. The molecule has 0 aliphatic rings. The van der Waals surface area contributed by atoms with E-state index in [4.69, 9.17) is 0 Å². The molecule has 0 radical (unpaired) electrons. The molecule has 0 saturated carbocycles. The first-order valence-electron chi connectivity index (χ1n) is 6.83. The number of rotatable bonds is 6. The molecule has 0 heterocycles. The molecule has 0 unspecified atom stereocenters. The van der Waals surface area contributed by atoms with E-state index in [2.05, 4.69) is 58.1 Å². The molecule has 0 aliphatic carbocycles. The maximum Gasteiger partial charge on any atom is 0.00103 e. The van der Waals surface area contributed by atoms with Crippen LogP contribution < -0.4 is 5.32 Å². The van der Waals surface area contributed by atoms with Gasteiger partial charge in [-0.2, -0.15) is 0 Å². The molecule has 0 fully saturated rings. The predicted molar refractivity (Wildman–Crippen MR) is 76.7 cm³/mol. The van der Waals surface area contributed by atoms with Crippen molar-refractivity contribution in [3.63, 3.8) is 0 Å². The lowest BCUT2D eigenvalue weighted by molar-refractivity contribution is 0.570. The average molecular weight is 233 g/mol. The van der Waals surface area contributed by atoms with Gasteiger partial charge in [-0.1, -0.05) is 45.9 Å². The summed E-state index contributed by atoms with van der Waals surface area (Å²) in [7, 11) is 0. The van der Waals surface area contributed by atoms with Gasteiger partial charge in [0.05, 0.1) is 0 Å². The summed E-state index contributed by atoms with van der Waals surface area (Å²) in [4.78, 5) is 0. The molecule has 1 N–H and O–H groups in total. The van der Waals surface area contributed by atoms with Gasteiger partial charge in [0.15, 0.2) is 0 Å². The largest absolute Gasteiger partial charge is 0.315 e. The van der Waals surface area contributed by atoms with Gasteiger partial charge in [-0.15, -0.1) is 0 Å². The summed E-state index contributed by atoms with van der Waals surface area (Å²) in [6, 6.07) is 7.50. The molecule has 1 heteroatoms. The Morgan fingerprint density at radius 2 is 1.82 bits per heavy atom. The van der Waals surface area contributed by atoms with Crippen LogP contribution in [0.4, 0.5) is 0 Å². The van der Waals surface area contributed by atoms with Crippen molar-refractivity contribution >= 4 is 0 Å². The Morgan fingerprint density at radius 3 is 2.41 bits per heavy atom. The summed E-state index contributed by atoms with van der Waals surface area (Å²) in [5, 5.41) is 3.47. The van der Waals surface area contributed by atoms with Crippen LogP contribution in [0.3, 0.4) is 0 Å². The van der Waals surface area contributed by atoms with E-state index in [1.807, 2.05) is 0 Å². The van der Waals surface area contributed by atoms with Crippen molar-refractivity contribution in [2.24, 2.45) is 0 Å². The lowest BCUT2D eigenvalue weighted by atomic mass is 9.95. The summed E-state index contributed by atoms with van der Waals surface area (Å²) < 4.78 is 0. The third-order valence-corrected chi connectivity index (χ3v) is 3.22. The lowest BCUT2D eigenvalue weighted by Crippen LogP contribution is -2.24. The molecule has 0 bridgehead atoms. The first-order valence-corrected chi connectivity index (χ1v) is 6.83. The van der Waals surface area contributed by atoms with Crippen molar-refractivity contribution in [3.05, 3.63) is 34.9 Å². The van der Waals surface area contributed by atoms with E-state index in [1.54, 1.807) is 0 Å². The fourth-order valence-electron chi connectivity index (χ4n) is 1.99. The average Bonchev–Trinajstić information content (AvgIpc) is 2.25. The highest BCUT2D eigenvalue weighted by molar-refractivity contribution is 5.32. The summed E-state index contributed by atoms with van der Waals surface area (Å²) >= 11 is 0. The first kappa shape index (κ1) is 14.2. The molecule has 1 aromatic carbocycles. The van der Waals surface area contributed by atoms with Crippen LogP contribution in [0.2, 0.25) is 0 Å². The maximum atomic E-state index is 3.47. The van der Waals surface area contributed by atoms with Crippen LogP contribution in [0.1, 0.15) is 56.7 Å². The van der Waals surface area contributed by atoms with Crippen LogP contribution in [0.25, 0.3) is 0 Å². The van der Waals surface area contributed by atoms with E-state index in [9.17, 15) is 0 Å². The van der Waals surface area contributed by atoms with Crippen molar-refractivity contribution in [2.75, 3.05) is 6.54 Å². The fourth-order valence-corrected chi connectivity index (χ4v) is 1.99. The Hall–Kier alpha value is -0.820. The zero-order chi connectivity index (χ0) is 12.8. The minimum Gasteiger partial charge on any atom is -0.315 e. The Morgan fingerprint density at radius 1 is 1.12 bits per heavy atom. The molecule has 1 aromatic rings. The molecular formula is C16H27N. The zero-order valence-electron chi connectivity index (χ0n) is 12.0. The maximum absolute atomic E-state index is 3.47. The third kappa shape index (κ3) is 4.91. The van der Waals surface area contributed by atoms with Gasteiger partial charge in [0, 0.05) is 6.04 Å². The summed E-state index contributed by atoms with van der Waals surface area (Å²) in [5.41, 5.74) is 4.41. The summed E-state index contributed by atoms with van der Waals surface area (Å²) in [6.07, 6.45) is 2.41. The molecule has 0 saturated heterocycles. The van der Waals surface area contributed by atoms with Crippen molar-refractivity contribution in [3.8, 4) is 0 Å². The molecule has 0 amide bonds. The van der Waals surface area contributed by atoms with Crippen LogP contribution in [-0.4, -0.2) is 12.6 Å². The normalized spacial score (nSPS) is 11.5. The van der Waals surface area contributed by atoms with Crippen molar-refractivity contribution < 1.29 is 0 Å². The summed E-state index contributed by atoms with van der Waals surface area (Å²) in [6.45, 7) is 12.2. The zero-order valence-corrected chi connectivity index (χ0v) is 12.0. The van der Waals surface area contributed by atoms with E-state index >= 15 is 0 Å². The second-order valence-electron chi connectivity index (χ2n) is 5.55. The number of hydrogen-bond donors (Lipinski definition) is 1.